The molecule has 0 aliphatic heterocycles. The smallest absolute Gasteiger partial charge is 0.388 e. The molecule has 1 aromatic heterocycles. The molecular weight excluding hydrogens is 359 g/mol. The Balaban J connectivity index is 1.84. The van der Waals surface area contributed by atoms with Crippen molar-refractivity contribution in [1.82, 2.24) is 20.2 Å². The highest BCUT2D eigenvalue weighted by Gasteiger charge is 2.30. The van der Waals surface area contributed by atoms with Crippen molar-refractivity contribution < 1.29 is 18.3 Å². The first kappa shape index (κ1) is 18.8. The van der Waals surface area contributed by atoms with Gasteiger partial charge < -0.3 is 10.4 Å². The number of aliphatic hydroxyl groups is 1. The SMILES string of the molecule is CC(C)(O)Cn1nnc(-c2ccccc2Nc2ccc(C(F)(F)F)cc2)n1. The van der Waals surface area contributed by atoms with Crippen LogP contribution >= 0.6 is 0 Å². The molecule has 2 aromatic carbocycles. The molecule has 0 aliphatic carbocycles. The Labute approximate surface area is 153 Å². The minimum atomic E-state index is -4.38. The quantitative estimate of drug-likeness (QED) is 0.706. The Morgan fingerprint density at radius 2 is 1.70 bits per heavy atom. The molecule has 0 radical (unpaired) electrons. The topological polar surface area (TPSA) is 75.9 Å². The molecule has 142 valence electrons. The van der Waals surface area contributed by atoms with Crippen molar-refractivity contribution in [3.8, 4) is 11.4 Å². The maximum atomic E-state index is 12.7. The zero-order valence-electron chi connectivity index (χ0n) is 14.7. The van der Waals surface area contributed by atoms with Gasteiger partial charge in [-0.05, 0) is 55.5 Å². The molecule has 1 heterocycles. The molecular formula is C18H18F3N5O. The first-order valence-corrected chi connectivity index (χ1v) is 8.16. The number of hydrogen-bond donors (Lipinski definition) is 2. The van der Waals surface area contributed by atoms with Crippen LogP contribution in [0.1, 0.15) is 19.4 Å². The van der Waals surface area contributed by atoms with E-state index in [2.05, 4.69) is 20.7 Å². The summed E-state index contributed by atoms with van der Waals surface area (Å²) in [7, 11) is 0. The number of anilines is 2. The molecule has 0 fully saturated rings. The van der Waals surface area contributed by atoms with Gasteiger partial charge in [0.2, 0.25) is 5.82 Å². The third kappa shape index (κ3) is 4.82. The van der Waals surface area contributed by atoms with Crippen LogP contribution in [-0.4, -0.2) is 30.9 Å². The normalized spacial score (nSPS) is 12.2. The number of alkyl halides is 3. The van der Waals surface area contributed by atoms with E-state index in [1.54, 1.807) is 38.1 Å². The highest BCUT2D eigenvalue weighted by Crippen LogP contribution is 2.32. The number of hydrogen-bond acceptors (Lipinski definition) is 5. The van der Waals surface area contributed by atoms with Gasteiger partial charge in [0.25, 0.3) is 0 Å². The number of benzene rings is 2. The Kier molecular flexibility index (Phi) is 4.88. The molecule has 9 heteroatoms. The molecule has 3 aromatic rings. The van der Waals surface area contributed by atoms with Crippen LogP contribution in [0.4, 0.5) is 24.5 Å². The van der Waals surface area contributed by atoms with Crippen molar-refractivity contribution in [2.75, 3.05) is 5.32 Å². The largest absolute Gasteiger partial charge is 0.416 e. The van der Waals surface area contributed by atoms with Gasteiger partial charge in [-0.1, -0.05) is 12.1 Å². The summed E-state index contributed by atoms with van der Waals surface area (Å²) in [5.41, 5.74) is 0.0621. The van der Waals surface area contributed by atoms with E-state index in [0.29, 0.717) is 22.8 Å². The standard InChI is InChI=1S/C18H18F3N5O/c1-17(2,27)11-26-24-16(23-25-26)14-5-3-4-6-15(14)22-13-9-7-12(8-10-13)18(19,20)21/h3-10,22,27H,11H2,1-2H3. The molecule has 6 nitrogen and oxygen atoms in total. The molecule has 0 atom stereocenters. The summed E-state index contributed by atoms with van der Waals surface area (Å²) in [6.45, 7) is 3.45. The summed E-state index contributed by atoms with van der Waals surface area (Å²) in [5, 5.41) is 25.1. The van der Waals surface area contributed by atoms with Crippen molar-refractivity contribution in [2.24, 2.45) is 0 Å². The number of tetrazole rings is 1. The highest BCUT2D eigenvalue weighted by atomic mass is 19.4. The Morgan fingerprint density at radius 3 is 2.33 bits per heavy atom. The molecule has 0 unspecified atom stereocenters. The average molecular weight is 377 g/mol. The van der Waals surface area contributed by atoms with Crippen LogP contribution in [-0.2, 0) is 12.7 Å². The van der Waals surface area contributed by atoms with E-state index in [4.69, 9.17) is 0 Å². The van der Waals surface area contributed by atoms with Crippen molar-refractivity contribution in [3.63, 3.8) is 0 Å². The second kappa shape index (κ2) is 6.99. The molecule has 2 N–H and O–H groups in total. The van der Waals surface area contributed by atoms with Gasteiger partial charge in [0.05, 0.1) is 17.7 Å². The Morgan fingerprint density at radius 1 is 1.04 bits per heavy atom. The Hall–Kier alpha value is -2.94. The van der Waals surface area contributed by atoms with Crippen LogP contribution in [0.3, 0.4) is 0 Å². The number of aromatic nitrogens is 4. The van der Waals surface area contributed by atoms with E-state index in [9.17, 15) is 18.3 Å². The van der Waals surface area contributed by atoms with Crippen molar-refractivity contribution >= 4 is 11.4 Å². The van der Waals surface area contributed by atoms with Crippen LogP contribution in [0.15, 0.2) is 48.5 Å². The van der Waals surface area contributed by atoms with E-state index in [0.717, 1.165) is 12.1 Å². The van der Waals surface area contributed by atoms with Crippen LogP contribution in [0.5, 0.6) is 0 Å². The van der Waals surface area contributed by atoms with Gasteiger partial charge in [0.15, 0.2) is 0 Å². The maximum absolute atomic E-state index is 12.7. The van der Waals surface area contributed by atoms with Gasteiger partial charge in [-0.25, -0.2) is 0 Å². The van der Waals surface area contributed by atoms with Crippen LogP contribution in [0, 0.1) is 0 Å². The van der Waals surface area contributed by atoms with Gasteiger partial charge in [-0.2, -0.15) is 18.0 Å². The van der Waals surface area contributed by atoms with Crippen molar-refractivity contribution in [1.29, 1.82) is 0 Å². The molecule has 0 saturated carbocycles. The highest BCUT2D eigenvalue weighted by molar-refractivity contribution is 5.77. The molecule has 0 saturated heterocycles. The van der Waals surface area contributed by atoms with Crippen molar-refractivity contribution in [2.45, 2.75) is 32.2 Å². The molecule has 27 heavy (non-hydrogen) atoms. The lowest BCUT2D eigenvalue weighted by atomic mass is 10.1. The van der Waals surface area contributed by atoms with Crippen LogP contribution in [0.25, 0.3) is 11.4 Å². The Bertz CT molecular complexity index is 914. The molecule has 3 rings (SSSR count). The van der Waals surface area contributed by atoms with Crippen LogP contribution in [0.2, 0.25) is 0 Å². The van der Waals surface area contributed by atoms with E-state index in [-0.39, 0.29) is 6.54 Å². The fraction of sp³-hybridized carbons (Fsp3) is 0.278. The number of nitrogens with zero attached hydrogens (tertiary/aromatic N) is 4. The summed E-state index contributed by atoms with van der Waals surface area (Å²) >= 11 is 0. The molecule has 0 aliphatic rings. The second-order valence-corrected chi connectivity index (χ2v) is 6.70. The van der Waals surface area contributed by atoms with Gasteiger partial charge in [0, 0.05) is 16.9 Å². The average Bonchev–Trinajstić information content (AvgIpc) is 3.01. The molecule has 0 bridgehead atoms. The van der Waals surface area contributed by atoms with Gasteiger partial charge in [0.1, 0.15) is 0 Å². The summed E-state index contributed by atoms with van der Waals surface area (Å²) < 4.78 is 38.1. The lowest BCUT2D eigenvalue weighted by molar-refractivity contribution is -0.137. The zero-order chi connectivity index (χ0) is 19.7. The van der Waals surface area contributed by atoms with E-state index in [1.807, 2.05) is 0 Å². The van der Waals surface area contributed by atoms with Gasteiger partial charge in [-0.15, -0.1) is 10.2 Å². The van der Waals surface area contributed by atoms with E-state index >= 15 is 0 Å². The predicted octanol–water partition coefficient (Wildman–Crippen LogP) is 3.87. The monoisotopic (exact) mass is 377 g/mol. The summed E-state index contributed by atoms with van der Waals surface area (Å²) in [6.07, 6.45) is -4.38. The van der Waals surface area contributed by atoms with Gasteiger partial charge in [-0.3, -0.25) is 0 Å². The van der Waals surface area contributed by atoms with Crippen molar-refractivity contribution in [3.05, 3.63) is 54.1 Å². The fourth-order valence-electron chi connectivity index (χ4n) is 2.45. The summed E-state index contributed by atoms with van der Waals surface area (Å²) in [6, 6.07) is 11.9. The minimum Gasteiger partial charge on any atom is -0.388 e. The third-order valence-electron chi connectivity index (χ3n) is 3.64. The third-order valence-corrected chi connectivity index (χ3v) is 3.64. The number of halogens is 3. The first-order chi connectivity index (χ1) is 12.6. The summed E-state index contributed by atoms with van der Waals surface area (Å²) in [5.74, 6) is 0.342. The van der Waals surface area contributed by atoms with Crippen LogP contribution < -0.4 is 5.32 Å². The zero-order valence-corrected chi connectivity index (χ0v) is 14.7. The number of nitrogens with one attached hydrogen (secondary N) is 1. The lowest BCUT2D eigenvalue weighted by Crippen LogP contribution is -2.27. The predicted molar refractivity (Wildman–Crippen MR) is 94.3 cm³/mol. The molecule has 0 amide bonds. The van der Waals surface area contributed by atoms with E-state index < -0.39 is 17.3 Å². The van der Waals surface area contributed by atoms with Gasteiger partial charge >= 0.3 is 6.18 Å². The number of rotatable bonds is 5. The summed E-state index contributed by atoms with van der Waals surface area (Å²) in [4.78, 5) is 1.30. The first-order valence-electron chi connectivity index (χ1n) is 8.16. The molecule has 0 spiro atoms. The maximum Gasteiger partial charge on any atom is 0.416 e. The van der Waals surface area contributed by atoms with E-state index in [1.165, 1.54) is 16.9 Å². The second-order valence-electron chi connectivity index (χ2n) is 6.70. The fourth-order valence-corrected chi connectivity index (χ4v) is 2.45. The lowest BCUT2D eigenvalue weighted by Gasteiger charge is -2.14. The number of para-hydroxylation sites is 1. The minimum absolute atomic E-state index is 0.175.